The van der Waals surface area contributed by atoms with E-state index in [9.17, 15) is 0 Å². The summed E-state index contributed by atoms with van der Waals surface area (Å²) in [7, 11) is 0. The van der Waals surface area contributed by atoms with Crippen LogP contribution in [0.3, 0.4) is 0 Å². The molecular formula is C16H28N2S. The number of aliphatic imine (C=N–C) groups is 1. The zero-order chi connectivity index (χ0) is 13.1. The van der Waals surface area contributed by atoms with E-state index in [2.05, 4.69) is 12.2 Å². The molecule has 2 unspecified atom stereocenters. The molecule has 0 aromatic heterocycles. The van der Waals surface area contributed by atoms with Crippen molar-refractivity contribution in [2.45, 2.75) is 76.8 Å². The quantitative estimate of drug-likeness (QED) is 0.819. The molecule has 1 N–H and O–H groups in total. The van der Waals surface area contributed by atoms with Crippen LogP contribution in [-0.2, 0) is 0 Å². The van der Waals surface area contributed by atoms with Gasteiger partial charge in [0.1, 0.15) is 0 Å². The maximum atomic E-state index is 5.01. The van der Waals surface area contributed by atoms with Gasteiger partial charge < -0.3 is 5.32 Å². The fourth-order valence-electron chi connectivity index (χ4n) is 3.89. The summed E-state index contributed by atoms with van der Waals surface area (Å²) in [5.41, 5.74) is 0. The van der Waals surface area contributed by atoms with E-state index in [1.807, 2.05) is 11.8 Å². The van der Waals surface area contributed by atoms with Crippen LogP contribution in [0.1, 0.15) is 64.7 Å². The molecule has 108 valence electrons. The molecule has 1 heterocycles. The average molecular weight is 280 g/mol. The van der Waals surface area contributed by atoms with Crippen LogP contribution in [0.2, 0.25) is 0 Å². The molecule has 0 saturated heterocycles. The number of thioether (sulfide) groups is 1. The van der Waals surface area contributed by atoms with Crippen LogP contribution < -0.4 is 5.32 Å². The maximum Gasteiger partial charge on any atom is 0.157 e. The Morgan fingerprint density at radius 2 is 1.89 bits per heavy atom. The van der Waals surface area contributed by atoms with Crippen molar-refractivity contribution in [3.8, 4) is 0 Å². The Bertz CT molecular complexity index is 321. The van der Waals surface area contributed by atoms with E-state index in [1.165, 1.54) is 68.7 Å². The summed E-state index contributed by atoms with van der Waals surface area (Å²) in [5.74, 6) is 3.17. The molecule has 19 heavy (non-hydrogen) atoms. The molecule has 2 nitrogen and oxygen atoms in total. The molecule has 0 aromatic rings. The smallest absolute Gasteiger partial charge is 0.157 e. The lowest BCUT2D eigenvalue weighted by molar-refractivity contribution is 0.303. The summed E-state index contributed by atoms with van der Waals surface area (Å²) >= 11 is 1.99. The molecule has 0 amide bonds. The lowest BCUT2D eigenvalue weighted by atomic mass is 9.84. The predicted octanol–water partition coefficient (Wildman–Crippen LogP) is 4.21. The van der Waals surface area contributed by atoms with E-state index in [-0.39, 0.29) is 0 Å². The third kappa shape index (κ3) is 3.48. The van der Waals surface area contributed by atoms with Gasteiger partial charge in [-0.2, -0.15) is 0 Å². The minimum atomic E-state index is 0.643. The average Bonchev–Trinajstić information content (AvgIpc) is 2.48. The second-order valence-corrected chi connectivity index (χ2v) is 7.64. The zero-order valence-corrected chi connectivity index (χ0v) is 13.1. The van der Waals surface area contributed by atoms with Gasteiger partial charge >= 0.3 is 0 Å². The zero-order valence-electron chi connectivity index (χ0n) is 12.2. The Morgan fingerprint density at radius 1 is 1.11 bits per heavy atom. The number of nitrogens with zero attached hydrogens (tertiary/aromatic N) is 1. The number of fused-ring (bicyclic) bond motifs is 1. The monoisotopic (exact) mass is 280 g/mol. The SMILES string of the molecule is CCC1CCC(NC2=NC3CCCCC3CS2)CC1. The summed E-state index contributed by atoms with van der Waals surface area (Å²) in [6.07, 6.45) is 12.5. The van der Waals surface area contributed by atoms with Crippen molar-refractivity contribution in [2.24, 2.45) is 16.8 Å². The van der Waals surface area contributed by atoms with E-state index < -0.39 is 0 Å². The molecule has 2 saturated carbocycles. The first kappa shape index (κ1) is 13.8. The van der Waals surface area contributed by atoms with Crippen LogP contribution >= 0.6 is 11.8 Å². The van der Waals surface area contributed by atoms with Gasteiger partial charge in [0.15, 0.2) is 5.17 Å². The van der Waals surface area contributed by atoms with Crippen LogP contribution in [0.25, 0.3) is 0 Å². The fraction of sp³-hybridized carbons (Fsp3) is 0.938. The Labute approximate surface area is 122 Å². The highest BCUT2D eigenvalue weighted by atomic mass is 32.2. The molecule has 0 bridgehead atoms. The highest BCUT2D eigenvalue weighted by Gasteiger charge is 2.30. The molecule has 3 aliphatic rings. The molecule has 1 aliphatic heterocycles. The van der Waals surface area contributed by atoms with Crippen molar-refractivity contribution >= 4 is 16.9 Å². The van der Waals surface area contributed by atoms with E-state index in [1.54, 1.807) is 0 Å². The first-order valence-corrected chi connectivity index (χ1v) is 9.31. The molecule has 3 heteroatoms. The predicted molar refractivity (Wildman–Crippen MR) is 84.8 cm³/mol. The van der Waals surface area contributed by atoms with Crippen LogP contribution in [-0.4, -0.2) is 23.0 Å². The summed E-state index contributed by atoms with van der Waals surface area (Å²) in [6, 6.07) is 1.35. The van der Waals surface area contributed by atoms with Crippen molar-refractivity contribution < 1.29 is 0 Å². The van der Waals surface area contributed by atoms with Gasteiger partial charge in [0.05, 0.1) is 6.04 Å². The third-order valence-corrected chi connectivity index (χ3v) is 6.43. The number of hydrogen-bond acceptors (Lipinski definition) is 3. The fourth-order valence-corrected chi connectivity index (χ4v) is 5.12. The maximum absolute atomic E-state index is 5.01. The molecule has 2 aliphatic carbocycles. The number of amidine groups is 1. The van der Waals surface area contributed by atoms with Crippen molar-refractivity contribution in [1.82, 2.24) is 5.32 Å². The first-order valence-electron chi connectivity index (χ1n) is 8.32. The van der Waals surface area contributed by atoms with E-state index in [0.29, 0.717) is 12.1 Å². The summed E-state index contributed by atoms with van der Waals surface area (Å²) in [5, 5.41) is 5.02. The van der Waals surface area contributed by atoms with Crippen molar-refractivity contribution in [3.05, 3.63) is 0 Å². The summed E-state index contributed by atoms with van der Waals surface area (Å²) in [4.78, 5) is 5.01. The van der Waals surface area contributed by atoms with Crippen LogP contribution in [0, 0.1) is 11.8 Å². The van der Waals surface area contributed by atoms with Crippen molar-refractivity contribution in [2.75, 3.05) is 5.75 Å². The van der Waals surface area contributed by atoms with Gasteiger partial charge in [0, 0.05) is 11.8 Å². The van der Waals surface area contributed by atoms with Gasteiger partial charge in [0.25, 0.3) is 0 Å². The highest BCUT2D eigenvalue weighted by Crippen LogP contribution is 2.34. The number of rotatable bonds is 2. The van der Waals surface area contributed by atoms with E-state index >= 15 is 0 Å². The van der Waals surface area contributed by atoms with Gasteiger partial charge in [-0.3, -0.25) is 4.99 Å². The second kappa shape index (κ2) is 6.51. The Hall–Kier alpha value is -0.180. The Kier molecular flexibility index (Phi) is 4.73. The van der Waals surface area contributed by atoms with Gasteiger partial charge in [-0.25, -0.2) is 0 Å². The lowest BCUT2D eigenvalue weighted by Gasteiger charge is -2.35. The van der Waals surface area contributed by atoms with Crippen molar-refractivity contribution in [3.63, 3.8) is 0 Å². The van der Waals surface area contributed by atoms with Crippen LogP contribution in [0.4, 0.5) is 0 Å². The largest absolute Gasteiger partial charge is 0.362 e. The minimum Gasteiger partial charge on any atom is -0.362 e. The molecule has 0 aromatic carbocycles. The third-order valence-electron chi connectivity index (χ3n) is 5.34. The Balaban J connectivity index is 1.51. The summed E-state index contributed by atoms with van der Waals surface area (Å²) < 4.78 is 0. The molecule has 0 radical (unpaired) electrons. The molecular weight excluding hydrogens is 252 g/mol. The minimum absolute atomic E-state index is 0.643. The number of nitrogens with one attached hydrogen (secondary N) is 1. The summed E-state index contributed by atoms with van der Waals surface area (Å²) in [6.45, 7) is 2.34. The Morgan fingerprint density at radius 3 is 2.68 bits per heavy atom. The van der Waals surface area contributed by atoms with E-state index in [4.69, 9.17) is 4.99 Å². The lowest BCUT2D eigenvalue weighted by Crippen LogP contribution is -2.40. The first-order chi connectivity index (χ1) is 9.35. The molecule has 3 rings (SSSR count). The van der Waals surface area contributed by atoms with Gasteiger partial charge in [0.2, 0.25) is 0 Å². The topological polar surface area (TPSA) is 24.4 Å². The number of hydrogen-bond donors (Lipinski definition) is 1. The van der Waals surface area contributed by atoms with Crippen LogP contribution in [0.5, 0.6) is 0 Å². The highest BCUT2D eigenvalue weighted by molar-refractivity contribution is 8.13. The second-order valence-electron chi connectivity index (χ2n) is 6.63. The molecule has 2 atom stereocenters. The van der Waals surface area contributed by atoms with Crippen molar-refractivity contribution in [1.29, 1.82) is 0 Å². The molecule has 2 fully saturated rings. The standard InChI is InChI=1S/C16H28N2S/c1-2-12-7-9-14(10-8-12)17-16-18-15-6-4-3-5-13(15)11-19-16/h12-15H,2-11H2,1H3,(H,17,18). The van der Waals surface area contributed by atoms with E-state index in [0.717, 1.165) is 11.8 Å². The van der Waals surface area contributed by atoms with Gasteiger partial charge in [-0.15, -0.1) is 0 Å². The van der Waals surface area contributed by atoms with Gasteiger partial charge in [-0.05, 0) is 50.4 Å². The molecule has 0 spiro atoms. The normalized spacial score (nSPS) is 39.3. The van der Waals surface area contributed by atoms with Gasteiger partial charge in [-0.1, -0.05) is 37.9 Å². The van der Waals surface area contributed by atoms with Crippen LogP contribution in [0.15, 0.2) is 4.99 Å².